The highest BCUT2D eigenvalue weighted by atomic mass is 19.1. The van der Waals surface area contributed by atoms with E-state index in [4.69, 9.17) is 4.42 Å². The van der Waals surface area contributed by atoms with Gasteiger partial charge in [0.25, 0.3) is 0 Å². The summed E-state index contributed by atoms with van der Waals surface area (Å²) in [5.74, 6) is -1.76. The Morgan fingerprint density at radius 1 is 1.29 bits per heavy atom. The number of oxazole rings is 1. The number of aromatic nitrogens is 2. The third kappa shape index (κ3) is 2.15. The van der Waals surface area contributed by atoms with Gasteiger partial charge in [-0.3, -0.25) is 0 Å². The zero-order valence-corrected chi connectivity index (χ0v) is 12.7. The lowest BCUT2D eigenvalue weighted by molar-refractivity contribution is -0.304. The zero-order valence-electron chi connectivity index (χ0n) is 12.7. The Morgan fingerprint density at radius 2 is 2.08 bits per heavy atom. The summed E-state index contributed by atoms with van der Waals surface area (Å²) < 4.78 is 22.0. The molecule has 24 heavy (non-hydrogen) atoms. The maximum absolute atomic E-state index is 14.4. The Hall–Kier alpha value is -3.15. The number of rotatable bonds is 3. The van der Waals surface area contributed by atoms with E-state index in [1.54, 1.807) is 6.07 Å². The molecule has 0 bridgehead atoms. The average molecular weight is 323 g/mol. The van der Waals surface area contributed by atoms with Crippen LogP contribution in [0.15, 0.2) is 47.0 Å². The molecular formula is C18H12FN2O3-. The number of carbonyl (C=O) groups is 1. The molecule has 0 aliphatic carbocycles. The van der Waals surface area contributed by atoms with Crippen molar-refractivity contribution in [3.63, 3.8) is 0 Å². The van der Waals surface area contributed by atoms with Gasteiger partial charge in [0, 0.05) is 36.5 Å². The smallest absolute Gasteiger partial charge is 0.229 e. The maximum Gasteiger partial charge on any atom is 0.229 e. The van der Waals surface area contributed by atoms with Gasteiger partial charge in [0.1, 0.15) is 5.52 Å². The van der Waals surface area contributed by atoms with Gasteiger partial charge in [-0.25, -0.2) is 9.37 Å². The number of hydrogen-bond acceptors (Lipinski definition) is 4. The van der Waals surface area contributed by atoms with E-state index in [2.05, 4.69) is 4.98 Å². The number of fused-ring (bicyclic) bond motifs is 2. The molecule has 0 amide bonds. The lowest BCUT2D eigenvalue weighted by Gasteiger charge is -2.03. The minimum atomic E-state index is -1.35. The van der Waals surface area contributed by atoms with Crippen LogP contribution in [-0.4, -0.2) is 15.5 Å². The van der Waals surface area contributed by atoms with Crippen LogP contribution in [0.5, 0.6) is 0 Å². The molecule has 120 valence electrons. The van der Waals surface area contributed by atoms with Crippen molar-refractivity contribution in [1.82, 2.24) is 9.55 Å². The summed E-state index contributed by atoms with van der Waals surface area (Å²) in [6.45, 7) is 0. The maximum atomic E-state index is 14.4. The van der Waals surface area contributed by atoms with Gasteiger partial charge in [0.15, 0.2) is 11.4 Å². The van der Waals surface area contributed by atoms with Gasteiger partial charge >= 0.3 is 0 Å². The lowest BCUT2D eigenvalue weighted by atomic mass is 10.1. The van der Waals surface area contributed by atoms with Gasteiger partial charge in [-0.05, 0) is 17.7 Å². The van der Waals surface area contributed by atoms with Gasteiger partial charge in [0.2, 0.25) is 5.89 Å². The quantitative estimate of drug-likeness (QED) is 0.580. The molecule has 4 rings (SSSR count). The number of benzene rings is 2. The Balaban J connectivity index is 1.91. The largest absolute Gasteiger partial charge is 0.550 e. The molecule has 0 aliphatic rings. The highest BCUT2D eigenvalue weighted by Gasteiger charge is 2.18. The van der Waals surface area contributed by atoms with Crippen molar-refractivity contribution in [2.24, 2.45) is 7.05 Å². The first-order valence-electron chi connectivity index (χ1n) is 7.37. The van der Waals surface area contributed by atoms with Crippen LogP contribution in [0.3, 0.4) is 0 Å². The van der Waals surface area contributed by atoms with Crippen molar-refractivity contribution < 1.29 is 18.7 Å². The number of carboxylic acid groups (broad SMARTS) is 1. The van der Waals surface area contributed by atoms with E-state index in [1.807, 2.05) is 42.1 Å². The first kappa shape index (κ1) is 14.4. The van der Waals surface area contributed by atoms with E-state index < -0.39 is 18.2 Å². The molecule has 2 heterocycles. The number of nitrogens with zero attached hydrogens (tertiary/aromatic N) is 2. The second-order valence-corrected chi connectivity index (χ2v) is 5.63. The van der Waals surface area contributed by atoms with Gasteiger partial charge < -0.3 is 18.9 Å². The van der Waals surface area contributed by atoms with Crippen LogP contribution < -0.4 is 5.11 Å². The summed E-state index contributed by atoms with van der Waals surface area (Å²) in [4.78, 5) is 15.1. The SMILES string of the molecule is Cn1cc(-c2nc3ccc(CC(=O)[O-])c(F)c3o2)c2ccccc21. The summed E-state index contributed by atoms with van der Waals surface area (Å²) in [5, 5.41) is 11.7. The highest BCUT2D eigenvalue weighted by molar-refractivity contribution is 5.95. The Morgan fingerprint density at radius 3 is 2.88 bits per heavy atom. The number of para-hydroxylation sites is 1. The highest BCUT2D eigenvalue weighted by Crippen LogP contribution is 2.33. The number of hydrogen-bond donors (Lipinski definition) is 0. The predicted octanol–water partition coefficient (Wildman–Crippen LogP) is 2.42. The first-order valence-corrected chi connectivity index (χ1v) is 7.37. The second-order valence-electron chi connectivity index (χ2n) is 5.63. The van der Waals surface area contributed by atoms with Crippen molar-refractivity contribution in [3.8, 4) is 11.5 Å². The number of aliphatic carboxylic acids is 1. The van der Waals surface area contributed by atoms with Gasteiger partial charge in [-0.1, -0.05) is 24.3 Å². The molecule has 5 nitrogen and oxygen atoms in total. The van der Waals surface area contributed by atoms with Crippen LogP contribution in [0, 0.1) is 5.82 Å². The molecule has 2 aromatic heterocycles. The van der Waals surface area contributed by atoms with Crippen LogP contribution in [0.1, 0.15) is 5.56 Å². The van der Waals surface area contributed by atoms with E-state index in [-0.39, 0.29) is 11.1 Å². The van der Waals surface area contributed by atoms with E-state index in [0.29, 0.717) is 11.4 Å². The van der Waals surface area contributed by atoms with Crippen molar-refractivity contribution in [2.75, 3.05) is 0 Å². The molecule has 0 saturated heterocycles. The van der Waals surface area contributed by atoms with Crippen LogP contribution >= 0.6 is 0 Å². The number of carboxylic acids is 1. The number of carbonyl (C=O) groups excluding carboxylic acids is 1. The van der Waals surface area contributed by atoms with Crippen LogP contribution in [0.4, 0.5) is 4.39 Å². The molecule has 0 radical (unpaired) electrons. The van der Waals surface area contributed by atoms with Crippen LogP contribution in [-0.2, 0) is 18.3 Å². The second kappa shape index (κ2) is 5.19. The fourth-order valence-corrected chi connectivity index (χ4v) is 2.92. The van der Waals surface area contributed by atoms with Crippen molar-refractivity contribution in [2.45, 2.75) is 6.42 Å². The van der Waals surface area contributed by atoms with Crippen molar-refractivity contribution >= 4 is 28.0 Å². The van der Waals surface area contributed by atoms with E-state index >= 15 is 0 Å². The Bertz CT molecular complexity index is 1090. The fraction of sp³-hybridized carbons (Fsp3) is 0.111. The lowest BCUT2D eigenvalue weighted by Crippen LogP contribution is -2.24. The summed E-state index contributed by atoms with van der Waals surface area (Å²) in [7, 11) is 1.91. The molecule has 0 spiro atoms. The predicted molar refractivity (Wildman–Crippen MR) is 84.6 cm³/mol. The molecule has 0 saturated carbocycles. The molecule has 4 aromatic rings. The summed E-state index contributed by atoms with van der Waals surface area (Å²) in [6.07, 6.45) is 1.36. The van der Waals surface area contributed by atoms with E-state index in [1.165, 1.54) is 6.07 Å². The van der Waals surface area contributed by atoms with Crippen LogP contribution in [0.25, 0.3) is 33.5 Å². The number of aryl methyl sites for hydroxylation is 1. The standard InChI is InChI=1S/C18H13FN2O3/c1-21-9-12(11-4-2-3-5-14(11)21)18-20-13-7-6-10(8-15(22)23)16(19)17(13)24-18/h2-7,9H,8H2,1H3,(H,22,23)/p-1. The molecule has 6 heteroatoms. The van der Waals surface area contributed by atoms with Gasteiger partial charge in [0.05, 0.1) is 5.56 Å². The van der Waals surface area contributed by atoms with E-state index in [9.17, 15) is 14.3 Å². The van der Waals surface area contributed by atoms with Crippen molar-refractivity contribution in [3.05, 3.63) is 54.0 Å². The molecular weight excluding hydrogens is 311 g/mol. The summed E-state index contributed by atoms with van der Waals surface area (Å²) >= 11 is 0. The summed E-state index contributed by atoms with van der Waals surface area (Å²) in [5.41, 5.74) is 2.08. The Kier molecular flexibility index (Phi) is 3.13. The monoisotopic (exact) mass is 323 g/mol. The third-order valence-electron chi connectivity index (χ3n) is 4.04. The molecule has 0 N–H and O–H groups in total. The first-order chi connectivity index (χ1) is 11.5. The molecule has 0 fully saturated rings. The molecule has 0 unspecified atom stereocenters. The molecule has 0 atom stereocenters. The zero-order chi connectivity index (χ0) is 16.8. The summed E-state index contributed by atoms with van der Waals surface area (Å²) in [6, 6.07) is 10.7. The molecule has 2 aromatic carbocycles. The van der Waals surface area contributed by atoms with Crippen molar-refractivity contribution in [1.29, 1.82) is 0 Å². The Labute approximate surface area is 136 Å². The average Bonchev–Trinajstić information content (AvgIpc) is 3.12. The van der Waals surface area contributed by atoms with Gasteiger partial charge in [-0.2, -0.15) is 0 Å². The minimum Gasteiger partial charge on any atom is -0.550 e. The topological polar surface area (TPSA) is 71.1 Å². The normalized spacial score (nSPS) is 11.4. The fourth-order valence-electron chi connectivity index (χ4n) is 2.92. The number of halogens is 1. The minimum absolute atomic E-state index is 0.0168. The third-order valence-corrected chi connectivity index (χ3v) is 4.04. The van der Waals surface area contributed by atoms with Gasteiger partial charge in [-0.15, -0.1) is 0 Å². The van der Waals surface area contributed by atoms with E-state index in [0.717, 1.165) is 16.5 Å². The van der Waals surface area contributed by atoms with Crippen LogP contribution in [0.2, 0.25) is 0 Å². The molecule has 0 aliphatic heterocycles.